The van der Waals surface area contributed by atoms with Crippen molar-refractivity contribution in [3.8, 4) is 0 Å². The summed E-state index contributed by atoms with van der Waals surface area (Å²) in [4.78, 5) is 0. The van der Waals surface area contributed by atoms with Crippen LogP contribution in [0.1, 0.15) is 25.0 Å². The van der Waals surface area contributed by atoms with Crippen LogP contribution in [-0.4, -0.2) is 0 Å². The van der Waals surface area contributed by atoms with Gasteiger partial charge in [0.25, 0.3) is 0 Å². The van der Waals surface area contributed by atoms with Gasteiger partial charge in [-0.15, -0.1) is 0 Å². The molecule has 0 fully saturated rings. The first kappa shape index (κ1) is 14.4. The van der Waals surface area contributed by atoms with E-state index in [1.54, 1.807) is 0 Å². The van der Waals surface area contributed by atoms with Crippen LogP contribution < -0.4 is 0 Å². The van der Waals surface area contributed by atoms with E-state index >= 15 is 0 Å². The monoisotopic (exact) mass is 367 g/mol. The van der Waals surface area contributed by atoms with Gasteiger partial charge in [-0.05, 0) is 0 Å². The normalized spacial score (nSPS) is 8.67. The van der Waals surface area contributed by atoms with E-state index in [9.17, 15) is 0 Å². The minimum atomic E-state index is 0. The van der Waals surface area contributed by atoms with Crippen LogP contribution in [0.4, 0.5) is 0 Å². The third kappa shape index (κ3) is 5.78. The van der Waals surface area contributed by atoms with Crippen LogP contribution in [0.2, 0.25) is 0 Å². The van der Waals surface area contributed by atoms with Crippen LogP contribution in [0, 0.1) is 0 Å². The van der Waals surface area contributed by atoms with Gasteiger partial charge >= 0.3 is 22.4 Å². The standard InChI is InChI=1S/2C7H9.Ta/c2*1-2-7-5-3-4-6-7;/h2*3-6H,2H2,1H3;/q2*-1;+2. The van der Waals surface area contributed by atoms with E-state index in [1.165, 1.54) is 11.1 Å². The van der Waals surface area contributed by atoms with Crippen LogP contribution in [-0.2, 0) is 35.2 Å². The van der Waals surface area contributed by atoms with E-state index in [0.29, 0.717) is 0 Å². The van der Waals surface area contributed by atoms with E-state index in [0.717, 1.165) is 12.8 Å². The third-order valence-electron chi connectivity index (χ3n) is 2.28. The Bertz CT molecular complexity index is 269. The molecular weight excluding hydrogens is 349 g/mol. The van der Waals surface area contributed by atoms with Crippen LogP contribution in [0.3, 0.4) is 0 Å². The summed E-state index contributed by atoms with van der Waals surface area (Å²) in [5.41, 5.74) is 2.86. The van der Waals surface area contributed by atoms with Gasteiger partial charge in [0.15, 0.2) is 0 Å². The molecule has 1 heteroatoms. The first-order chi connectivity index (χ1) is 6.86. The average molecular weight is 367 g/mol. The first-order valence-electron chi connectivity index (χ1n) is 5.28. The maximum absolute atomic E-state index is 2.16. The minimum absolute atomic E-state index is 0. The summed E-state index contributed by atoms with van der Waals surface area (Å²) in [5.74, 6) is 0. The van der Waals surface area contributed by atoms with Gasteiger partial charge in [-0.2, -0.15) is 35.4 Å². The van der Waals surface area contributed by atoms with Gasteiger partial charge in [0.2, 0.25) is 0 Å². The zero-order chi connectivity index (χ0) is 10.2. The Morgan fingerprint density at radius 1 is 0.667 bits per heavy atom. The fourth-order valence-corrected chi connectivity index (χ4v) is 1.30. The molecule has 0 saturated carbocycles. The molecule has 0 aliphatic heterocycles. The fraction of sp³-hybridized carbons (Fsp3) is 0.286. The van der Waals surface area contributed by atoms with Crippen LogP contribution >= 0.6 is 0 Å². The first-order valence-corrected chi connectivity index (χ1v) is 5.28. The molecular formula is C14H18Ta. The molecule has 0 aliphatic rings. The van der Waals surface area contributed by atoms with Crippen LogP contribution in [0.25, 0.3) is 0 Å². The third-order valence-corrected chi connectivity index (χ3v) is 2.28. The Morgan fingerprint density at radius 3 is 1.07 bits per heavy atom. The van der Waals surface area contributed by atoms with Crippen molar-refractivity contribution in [2.75, 3.05) is 0 Å². The number of aryl methyl sites for hydroxylation is 2. The Balaban J connectivity index is 0.000000245. The SMILES string of the molecule is CC[c-]1cccc1.CC[c-]1cccc1.[Ta+2]. The Labute approximate surface area is 109 Å². The molecule has 2 aromatic rings. The molecule has 2 rings (SSSR count). The zero-order valence-electron chi connectivity index (χ0n) is 9.48. The van der Waals surface area contributed by atoms with E-state index in [-0.39, 0.29) is 22.4 Å². The van der Waals surface area contributed by atoms with Crippen molar-refractivity contribution in [1.82, 2.24) is 0 Å². The Kier molecular flexibility index (Phi) is 8.40. The minimum Gasteiger partial charge on any atom is -0.213 e. The maximum Gasteiger partial charge on any atom is 2.00 e. The van der Waals surface area contributed by atoms with Crippen molar-refractivity contribution in [1.29, 1.82) is 0 Å². The molecule has 0 bridgehead atoms. The molecule has 0 aromatic heterocycles. The van der Waals surface area contributed by atoms with Crippen molar-refractivity contribution in [2.45, 2.75) is 26.7 Å². The molecule has 0 spiro atoms. The van der Waals surface area contributed by atoms with Crippen molar-refractivity contribution in [3.63, 3.8) is 0 Å². The van der Waals surface area contributed by atoms with Crippen molar-refractivity contribution in [2.24, 2.45) is 0 Å². The molecule has 0 N–H and O–H groups in total. The smallest absolute Gasteiger partial charge is 0.213 e. The number of hydrogen-bond donors (Lipinski definition) is 0. The second kappa shape index (κ2) is 8.72. The number of hydrogen-bond acceptors (Lipinski definition) is 0. The van der Waals surface area contributed by atoms with Gasteiger partial charge in [-0.25, -0.2) is 24.3 Å². The Morgan fingerprint density at radius 2 is 0.933 bits per heavy atom. The van der Waals surface area contributed by atoms with Crippen molar-refractivity contribution >= 4 is 0 Å². The molecule has 1 radical (unpaired) electrons. The molecule has 0 aliphatic carbocycles. The molecule has 79 valence electrons. The largest absolute Gasteiger partial charge is 2.00 e. The van der Waals surface area contributed by atoms with Gasteiger partial charge in [0.05, 0.1) is 0 Å². The predicted octanol–water partition coefficient (Wildman–Crippen LogP) is 3.93. The van der Waals surface area contributed by atoms with Crippen molar-refractivity contribution < 1.29 is 22.4 Å². The van der Waals surface area contributed by atoms with E-state index < -0.39 is 0 Å². The summed E-state index contributed by atoms with van der Waals surface area (Å²) in [7, 11) is 0. The van der Waals surface area contributed by atoms with Gasteiger partial charge in [0.1, 0.15) is 0 Å². The molecule has 0 nitrogen and oxygen atoms in total. The summed E-state index contributed by atoms with van der Waals surface area (Å²) in [5, 5.41) is 0. The molecule has 0 atom stereocenters. The fourth-order valence-electron chi connectivity index (χ4n) is 1.30. The van der Waals surface area contributed by atoms with Gasteiger partial charge < -0.3 is 0 Å². The van der Waals surface area contributed by atoms with Gasteiger partial charge in [0, 0.05) is 0 Å². The molecule has 0 amide bonds. The summed E-state index contributed by atoms with van der Waals surface area (Å²) >= 11 is 0. The Hall–Kier alpha value is -0.560. The summed E-state index contributed by atoms with van der Waals surface area (Å²) < 4.78 is 0. The van der Waals surface area contributed by atoms with Gasteiger partial charge in [-0.3, -0.25) is 0 Å². The zero-order valence-corrected chi connectivity index (χ0v) is 12.7. The summed E-state index contributed by atoms with van der Waals surface area (Å²) in [6.45, 7) is 4.32. The molecule has 2 aromatic carbocycles. The quantitative estimate of drug-likeness (QED) is 0.706. The summed E-state index contributed by atoms with van der Waals surface area (Å²) in [6, 6.07) is 16.8. The average Bonchev–Trinajstić information content (AvgIpc) is 2.92. The second-order valence-corrected chi connectivity index (χ2v) is 3.29. The topological polar surface area (TPSA) is 0 Å². The maximum atomic E-state index is 2.16. The van der Waals surface area contributed by atoms with E-state index in [2.05, 4.69) is 62.4 Å². The molecule has 0 saturated heterocycles. The van der Waals surface area contributed by atoms with E-state index in [4.69, 9.17) is 0 Å². The number of rotatable bonds is 2. The van der Waals surface area contributed by atoms with Crippen LogP contribution in [0.15, 0.2) is 48.5 Å². The second-order valence-electron chi connectivity index (χ2n) is 3.29. The predicted molar refractivity (Wildman–Crippen MR) is 62.8 cm³/mol. The molecule has 0 heterocycles. The van der Waals surface area contributed by atoms with Crippen LogP contribution in [0.5, 0.6) is 0 Å². The van der Waals surface area contributed by atoms with Crippen molar-refractivity contribution in [3.05, 3.63) is 59.7 Å². The molecule has 15 heavy (non-hydrogen) atoms. The summed E-state index contributed by atoms with van der Waals surface area (Å²) in [6.07, 6.45) is 2.32. The van der Waals surface area contributed by atoms with Gasteiger partial charge in [-0.1, -0.05) is 26.7 Å². The van der Waals surface area contributed by atoms with E-state index in [1.807, 2.05) is 0 Å². The molecule has 0 unspecified atom stereocenters.